The van der Waals surface area contributed by atoms with Crippen LogP contribution in [0.3, 0.4) is 0 Å². The van der Waals surface area contributed by atoms with E-state index in [9.17, 15) is 4.79 Å². The number of nitrogens with zero attached hydrogens (tertiary/aromatic N) is 3. The fourth-order valence-corrected chi connectivity index (χ4v) is 3.57. The van der Waals surface area contributed by atoms with Gasteiger partial charge in [0, 0.05) is 49.3 Å². The third-order valence-corrected chi connectivity index (χ3v) is 5.11. The largest absolute Gasteiger partial charge is 0.497 e. The normalized spacial score (nSPS) is 16.2. The Labute approximate surface area is 163 Å². The second-order valence-corrected chi connectivity index (χ2v) is 6.91. The molecule has 28 heavy (non-hydrogen) atoms. The Hall–Kier alpha value is -3.35. The molecule has 7 nitrogen and oxygen atoms in total. The summed E-state index contributed by atoms with van der Waals surface area (Å²) in [6, 6.07) is 11.8. The number of benzene rings is 1. The summed E-state index contributed by atoms with van der Waals surface area (Å²) in [4.78, 5) is 19.0. The zero-order chi connectivity index (χ0) is 19.3. The van der Waals surface area contributed by atoms with Gasteiger partial charge in [-0.25, -0.2) is 0 Å². The molecule has 0 bridgehead atoms. The van der Waals surface area contributed by atoms with Gasteiger partial charge in [0.15, 0.2) is 0 Å². The number of hydrogen-bond acceptors (Lipinski definition) is 5. The summed E-state index contributed by atoms with van der Waals surface area (Å²) in [6.45, 7) is 2.53. The van der Waals surface area contributed by atoms with Crippen LogP contribution in [0.4, 0.5) is 5.69 Å². The topological polar surface area (TPSA) is 83.1 Å². The Kier molecular flexibility index (Phi) is 5.23. The number of H-pyrrole nitrogens is 1. The maximum absolute atomic E-state index is 12.7. The minimum atomic E-state index is -0.111. The van der Waals surface area contributed by atoms with Crippen molar-refractivity contribution in [2.45, 2.75) is 6.42 Å². The van der Waals surface area contributed by atoms with E-state index in [2.05, 4.69) is 31.5 Å². The van der Waals surface area contributed by atoms with E-state index < -0.39 is 0 Å². The number of carbonyl (C=O) groups is 1. The van der Waals surface area contributed by atoms with E-state index in [4.69, 9.17) is 4.74 Å². The fraction of sp³-hybridized carbons (Fsp3) is 0.286. The van der Waals surface area contributed by atoms with Crippen molar-refractivity contribution in [3.63, 3.8) is 0 Å². The highest BCUT2D eigenvalue weighted by molar-refractivity contribution is 5.99. The van der Waals surface area contributed by atoms with Crippen LogP contribution in [0, 0.1) is 5.92 Å². The number of aromatic amines is 1. The molecule has 1 aliphatic heterocycles. The third kappa shape index (κ3) is 3.83. The first kappa shape index (κ1) is 18.0. The van der Waals surface area contributed by atoms with Gasteiger partial charge >= 0.3 is 0 Å². The standard InChI is InChI=1S/C21H23N5O2/c1-28-18-4-2-3-17(11-18)26-10-7-15(14-26)12-23-21(27)19-13-24-25-20(19)16-5-8-22-9-6-16/h2-6,8-9,11,13,15H,7,10,12,14H2,1H3,(H,23,27)(H,24,25). The highest BCUT2D eigenvalue weighted by Gasteiger charge is 2.24. The number of nitrogens with one attached hydrogen (secondary N) is 2. The predicted octanol–water partition coefficient (Wildman–Crippen LogP) is 2.74. The van der Waals surface area contributed by atoms with Crippen LogP contribution in [0.1, 0.15) is 16.8 Å². The summed E-state index contributed by atoms with van der Waals surface area (Å²) >= 11 is 0. The van der Waals surface area contributed by atoms with Gasteiger partial charge in [-0.15, -0.1) is 0 Å². The summed E-state index contributed by atoms with van der Waals surface area (Å²) in [5.74, 6) is 1.16. The van der Waals surface area contributed by atoms with Gasteiger partial charge in [-0.1, -0.05) is 6.07 Å². The fourth-order valence-electron chi connectivity index (χ4n) is 3.57. The van der Waals surface area contributed by atoms with Crippen molar-refractivity contribution in [1.82, 2.24) is 20.5 Å². The van der Waals surface area contributed by atoms with Gasteiger partial charge in [-0.2, -0.15) is 5.10 Å². The molecule has 1 amide bonds. The van der Waals surface area contributed by atoms with Crippen molar-refractivity contribution < 1.29 is 9.53 Å². The Morgan fingerprint density at radius 3 is 3.00 bits per heavy atom. The number of amides is 1. The number of ether oxygens (including phenoxy) is 1. The SMILES string of the molecule is COc1cccc(N2CCC(CNC(=O)c3cn[nH]c3-c3ccncc3)C2)c1. The Morgan fingerprint density at radius 2 is 2.18 bits per heavy atom. The van der Waals surface area contributed by atoms with Crippen LogP contribution in [0.25, 0.3) is 11.3 Å². The van der Waals surface area contributed by atoms with E-state index in [-0.39, 0.29) is 5.91 Å². The lowest BCUT2D eigenvalue weighted by molar-refractivity contribution is 0.0949. The lowest BCUT2D eigenvalue weighted by Crippen LogP contribution is -2.31. The molecule has 0 radical (unpaired) electrons. The summed E-state index contributed by atoms with van der Waals surface area (Å²) in [7, 11) is 1.68. The smallest absolute Gasteiger partial charge is 0.255 e. The lowest BCUT2D eigenvalue weighted by Gasteiger charge is -2.19. The molecule has 7 heteroatoms. The van der Waals surface area contributed by atoms with Gasteiger partial charge in [0.05, 0.1) is 24.6 Å². The van der Waals surface area contributed by atoms with E-state index >= 15 is 0 Å². The monoisotopic (exact) mass is 377 g/mol. The average Bonchev–Trinajstić information content (AvgIpc) is 3.42. The van der Waals surface area contributed by atoms with Crippen molar-refractivity contribution in [1.29, 1.82) is 0 Å². The maximum atomic E-state index is 12.7. The van der Waals surface area contributed by atoms with Gasteiger partial charge in [0.25, 0.3) is 5.91 Å². The number of pyridine rings is 1. The van der Waals surface area contributed by atoms with Crippen molar-refractivity contribution in [3.8, 4) is 17.0 Å². The van der Waals surface area contributed by atoms with E-state index in [1.165, 1.54) is 0 Å². The van der Waals surface area contributed by atoms with Crippen molar-refractivity contribution in [2.24, 2.45) is 5.92 Å². The number of aromatic nitrogens is 3. The molecule has 0 aliphatic carbocycles. The maximum Gasteiger partial charge on any atom is 0.255 e. The molecule has 1 saturated heterocycles. The van der Waals surface area contributed by atoms with Crippen LogP contribution < -0.4 is 15.0 Å². The molecule has 2 aromatic heterocycles. The van der Waals surface area contributed by atoms with Crippen LogP contribution in [-0.4, -0.2) is 47.8 Å². The zero-order valence-corrected chi connectivity index (χ0v) is 15.8. The molecule has 144 valence electrons. The van der Waals surface area contributed by atoms with E-state index in [0.717, 1.165) is 36.5 Å². The van der Waals surface area contributed by atoms with E-state index in [1.54, 1.807) is 25.7 Å². The number of anilines is 1. The molecule has 0 saturated carbocycles. The Balaban J connectivity index is 1.36. The number of carbonyl (C=O) groups excluding carboxylic acids is 1. The second-order valence-electron chi connectivity index (χ2n) is 6.91. The minimum Gasteiger partial charge on any atom is -0.497 e. The first-order chi connectivity index (χ1) is 13.7. The molecule has 2 N–H and O–H groups in total. The molecule has 3 aromatic rings. The molecule has 1 atom stereocenters. The molecule has 3 heterocycles. The van der Waals surface area contributed by atoms with Crippen LogP contribution >= 0.6 is 0 Å². The first-order valence-electron chi connectivity index (χ1n) is 9.35. The minimum absolute atomic E-state index is 0.111. The van der Waals surface area contributed by atoms with Gasteiger partial charge in [-0.3, -0.25) is 14.9 Å². The molecule has 4 rings (SSSR count). The van der Waals surface area contributed by atoms with Gasteiger partial charge in [-0.05, 0) is 36.6 Å². The summed E-state index contributed by atoms with van der Waals surface area (Å²) in [5, 5.41) is 10.0. The third-order valence-electron chi connectivity index (χ3n) is 5.11. The number of methoxy groups -OCH3 is 1. The molecular formula is C21H23N5O2. The molecule has 1 aliphatic rings. The molecule has 1 aromatic carbocycles. The average molecular weight is 377 g/mol. The summed E-state index contributed by atoms with van der Waals surface area (Å²) in [5.41, 5.74) is 3.31. The molecular weight excluding hydrogens is 354 g/mol. The summed E-state index contributed by atoms with van der Waals surface area (Å²) < 4.78 is 5.31. The van der Waals surface area contributed by atoms with E-state index in [0.29, 0.717) is 23.7 Å². The van der Waals surface area contributed by atoms with Gasteiger partial charge in [0.1, 0.15) is 5.75 Å². The van der Waals surface area contributed by atoms with E-state index in [1.807, 2.05) is 30.3 Å². The second kappa shape index (κ2) is 8.12. The van der Waals surface area contributed by atoms with Gasteiger partial charge < -0.3 is 15.0 Å². The lowest BCUT2D eigenvalue weighted by atomic mass is 10.1. The number of hydrogen-bond donors (Lipinski definition) is 2. The molecule has 1 unspecified atom stereocenters. The van der Waals surface area contributed by atoms with Crippen LogP contribution in [-0.2, 0) is 0 Å². The quantitative estimate of drug-likeness (QED) is 0.690. The Morgan fingerprint density at radius 1 is 1.32 bits per heavy atom. The van der Waals surface area contributed by atoms with Crippen LogP contribution in [0.2, 0.25) is 0 Å². The highest BCUT2D eigenvalue weighted by atomic mass is 16.5. The van der Waals surface area contributed by atoms with Crippen molar-refractivity contribution in [2.75, 3.05) is 31.6 Å². The first-order valence-corrected chi connectivity index (χ1v) is 9.35. The van der Waals surface area contributed by atoms with Crippen LogP contribution in [0.15, 0.2) is 55.0 Å². The number of rotatable bonds is 6. The van der Waals surface area contributed by atoms with Crippen molar-refractivity contribution >= 4 is 11.6 Å². The van der Waals surface area contributed by atoms with Crippen LogP contribution in [0.5, 0.6) is 5.75 Å². The summed E-state index contributed by atoms with van der Waals surface area (Å²) in [6.07, 6.45) is 6.01. The predicted molar refractivity (Wildman–Crippen MR) is 107 cm³/mol. The molecule has 1 fully saturated rings. The Bertz CT molecular complexity index is 941. The highest BCUT2D eigenvalue weighted by Crippen LogP contribution is 2.27. The van der Waals surface area contributed by atoms with Gasteiger partial charge in [0.2, 0.25) is 0 Å². The molecule has 0 spiro atoms. The zero-order valence-electron chi connectivity index (χ0n) is 15.8. The van der Waals surface area contributed by atoms with Crippen molar-refractivity contribution in [3.05, 3.63) is 60.6 Å².